The maximum absolute atomic E-state index is 12.0. The zero-order chi connectivity index (χ0) is 22.2. The van der Waals surface area contributed by atoms with Crippen LogP contribution in [0.25, 0.3) is 10.9 Å². The summed E-state index contributed by atoms with van der Waals surface area (Å²) in [6.45, 7) is 2.23. The highest BCUT2D eigenvalue weighted by Gasteiger charge is 2.06. The van der Waals surface area contributed by atoms with Crippen LogP contribution in [0.1, 0.15) is 23.2 Å². The van der Waals surface area contributed by atoms with Crippen LogP contribution in [-0.4, -0.2) is 27.7 Å². The molecular formula is C26H28N4O2. The SMILES string of the molecule is Cn1c(=O)ccc2cccc(OCCCNCc3ccnc(CCc4cccnc4)c3)c21. The fourth-order valence-electron chi connectivity index (χ4n) is 3.74. The van der Waals surface area contributed by atoms with Crippen LogP contribution in [0.15, 0.2) is 78.0 Å². The Balaban J connectivity index is 1.22. The fourth-order valence-corrected chi connectivity index (χ4v) is 3.74. The van der Waals surface area contributed by atoms with Crippen LogP contribution in [0.4, 0.5) is 0 Å². The maximum Gasteiger partial charge on any atom is 0.250 e. The molecule has 0 aliphatic heterocycles. The van der Waals surface area contributed by atoms with Gasteiger partial charge in [-0.3, -0.25) is 14.8 Å². The normalized spacial score (nSPS) is 11.0. The monoisotopic (exact) mass is 428 g/mol. The largest absolute Gasteiger partial charge is 0.491 e. The minimum atomic E-state index is -0.0348. The van der Waals surface area contributed by atoms with E-state index in [2.05, 4.69) is 27.4 Å². The van der Waals surface area contributed by atoms with E-state index in [1.54, 1.807) is 23.9 Å². The molecule has 0 bridgehead atoms. The summed E-state index contributed by atoms with van der Waals surface area (Å²) in [5, 5.41) is 4.47. The number of hydrogen-bond acceptors (Lipinski definition) is 5. The summed E-state index contributed by atoms with van der Waals surface area (Å²) in [6.07, 6.45) is 8.30. The molecule has 0 saturated carbocycles. The molecule has 0 radical (unpaired) electrons. The minimum absolute atomic E-state index is 0.0348. The van der Waals surface area contributed by atoms with Crippen LogP contribution in [0.3, 0.4) is 0 Å². The van der Waals surface area contributed by atoms with Gasteiger partial charge in [0.1, 0.15) is 5.75 Å². The van der Waals surface area contributed by atoms with Crippen LogP contribution in [0, 0.1) is 0 Å². The molecule has 4 rings (SSSR count). The zero-order valence-electron chi connectivity index (χ0n) is 18.3. The van der Waals surface area contributed by atoms with Gasteiger partial charge in [-0.15, -0.1) is 0 Å². The van der Waals surface area contributed by atoms with Crippen molar-refractivity contribution in [3.05, 3.63) is 100 Å². The number of rotatable bonds is 10. The quantitative estimate of drug-likeness (QED) is 0.390. The Morgan fingerprint density at radius 1 is 1.00 bits per heavy atom. The number of benzene rings is 1. The highest BCUT2D eigenvalue weighted by molar-refractivity contribution is 5.84. The molecule has 164 valence electrons. The molecule has 0 atom stereocenters. The van der Waals surface area contributed by atoms with Crippen LogP contribution in [0.5, 0.6) is 5.75 Å². The number of fused-ring (bicyclic) bond motifs is 1. The average Bonchev–Trinajstić information content (AvgIpc) is 2.83. The molecule has 1 N–H and O–H groups in total. The smallest absolute Gasteiger partial charge is 0.250 e. The first-order valence-corrected chi connectivity index (χ1v) is 11.0. The lowest BCUT2D eigenvalue weighted by molar-refractivity contribution is 0.310. The molecule has 32 heavy (non-hydrogen) atoms. The summed E-state index contributed by atoms with van der Waals surface area (Å²) in [4.78, 5) is 20.6. The number of hydrogen-bond donors (Lipinski definition) is 1. The van der Waals surface area contributed by atoms with Gasteiger partial charge in [0.05, 0.1) is 12.1 Å². The van der Waals surface area contributed by atoms with Gasteiger partial charge in [-0.1, -0.05) is 18.2 Å². The molecule has 0 saturated heterocycles. The number of ether oxygens (including phenoxy) is 1. The molecule has 4 aromatic rings. The fraction of sp³-hybridized carbons (Fsp3) is 0.269. The van der Waals surface area contributed by atoms with Gasteiger partial charge in [0, 0.05) is 49.3 Å². The van der Waals surface area contributed by atoms with Gasteiger partial charge in [-0.2, -0.15) is 0 Å². The summed E-state index contributed by atoms with van der Waals surface area (Å²) in [7, 11) is 1.78. The predicted octanol–water partition coefficient (Wildman–Crippen LogP) is 3.67. The number of pyridine rings is 3. The maximum atomic E-state index is 12.0. The summed E-state index contributed by atoms with van der Waals surface area (Å²) in [6, 6.07) is 17.6. The Kier molecular flexibility index (Phi) is 7.25. The van der Waals surface area contributed by atoms with E-state index in [0.717, 1.165) is 54.7 Å². The van der Waals surface area contributed by atoms with E-state index in [9.17, 15) is 4.79 Å². The van der Waals surface area contributed by atoms with Crippen LogP contribution < -0.4 is 15.6 Å². The van der Waals surface area contributed by atoms with E-state index in [4.69, 9.17) is 4.74 Å². The number of aryl methyl sites for hydroxylation is 3. The van der Waals surface area contributed by atoms with E-state index in [1.165, 1.54) is 11.1 Å². The van der Waals surface area contributed by atoms with Crippen molar-refractivity contribution in [3.8, 4) is 5.75 Å². The second kappa shape index (κ2) is 10.7. The summed E-state index contributed by atoms with van der Waals surface area (Å²) < 4.78 is 7.62. The first kappa shape index (κ1) is 21.7. The highest BCUT2D eigenvalue weighted by atomic mass is 16.5. The van der Waals surface area contributed by atoms with Gasteiger partial charge in [0.2, 0.25) is 0 Å². The van der Waals surface area contributed by atoms with E-state index < -0.39 is 0 Å². The van der Waals surface area contributed by atoms with Crippen molar-refractivity contribution in [1.82, 2.24) is 19.9 Å². The Morgan fingerprint density at radius 2 is 1.94 bits per heavy atom. The number of nitrogens with one attached hydrogen (secondary N) is 1. The van der Waals surface area contributed by atoms with Crippen molar-refractivity contribution < 1.29 is 4.74 Å². The zero-order valence-corrected chi connectivity index (χ0v) is 18.3. The van der Waals surface area contributed by atoms with Gasteiger partial charge < -0.3 is 14.6 Å². The first-order chi connectivity index (χ1) is 15.7. The summed E-state index contributed by atoms with van der Waals surface area (Å²) >= 11 is 0. The lowest BCUT2D eigenvalue weighted by atomic mass is 10.1. The van der Waals surface area contributed by atoms with E-state index in [-0.39, 0.29) is 5.56 Å². The molecule has 0 spiro atoms. The topological polar surface area (TPSA) is 69.0 Å². The van der Waals surface area contributed by atoms with Gasteiger partial charge in [-0.25, -0.2) is 0 Å². The van der Waals surface area contributed by atoms with Gasteiger partial charge >= 0.3 is 0 Å². The van der Waals surface area contributed by atoms with Crippen LogP contribution >= 0.6 is 0 Å². The second-order valence-corrected chi connectivity index (χ2v) is 7.82. The van der Waals surface area contributed by atoms with Gasteiger partial charge in [0.25, 0.3) is 5.56 Å². The molecular weight excluding hydrogens is 400 g/mol. The summed E-state index contributed by atoms with van der Waals surface area (Å²) in [5.41, 5.74) is 4.35. The molecule has 3 aromatic heterocycles. The van der Waals surface area contributed by atoms with Crippen molar-refractivity contribution in [3.63, 3.8) is 0 Å². The number of para-hydroxylation sites is 1. The van der Waals surface area contributed by atoms with Crippen LogP contribution in [0.2, 0.25) is 0 Å². The van der Waals surface area contributed by atoms with Crippen LogP contribution in [-0.2, 0) is 26.4 Å². The summed E-state index contributed by atoms with van der Waals surface area (Å²) in [5.74, 6) is 0.745. The molecule has 1 aromatic carbocycles. The van der Waals surface area contributed by atoms with Crippen molar-refractivity contribution in [2.75, 3.05) is 13.2 Å². The minimum Gasteiger partial charge on any atom is -0.491 e. The van der Waals surface area contributed by atoms with Crippen molar-refractivity contribution >= 4 is 10.9 Å². The standard InChI is InChI=1S/C26H28N4O2/c1-30-25(31)11-9-22-6-2-7-24(26(22)30)32-16-4-14-28-19-21-12-15-29-23(17-21)10-8-20-5-3-13-27-18-20/h2-3,5-7,9,11-13,15,17-18,28H,4,8,10,14,16,19H2,1H3. The lowest BCUT2D eigenvalue weighted by Gasteiger charge is -2.12. The first-order valence-electron chi connectivity index (χ1n) is 11.0. The third-order valence-corrected chi connectivity index (χ3v) is 5.46. The molecule has 6 heteroatoms. The Bertz CT molecular complexity index is 1220. The van der Waals surface area contributed by atoms with Crippen molar-refractivity contribution in [2.24, 2.45) is 7.05 Å². The molecule has 0 fully saturated rings. The Morgan fingerprint density at radius 3 is 2.81 bits per heavy atom. The molecule has 0 aliphatic carbocycles. The Hall–Kier alpha value is -3.51. The van der Waals surface area contributed by atoms with E-state index in [0.29, 0.717) is 6.61 Å². The van der Waals surface area contributed by atoms with Gasteiger partial charge in [-0.05, 0) is 67.3 Å². The molecule has 0 aliphatic rings. The third-order valence-electron chi connectivity index (χ3n) is 5.46. The third kappa shape index (κ3) is 5.59. The van der Waals surface area contributed by atoms with Gasteiger partial charge in [0.15, 0.2) is 0 Å². The molecule has 0 amide bonds. The van der Waals surface area contributed by atoms with Crippen molar-refractivity contribution in [2.45, 2.75) is 25.8 Å². The second-order valence-electron chi connectivity index (χ2n) is 7.82. The lowest BCUT2D eigenvalue weighted by Crippen LogP contribution is -2.18. The van der Waals surface area contributed by atoms with E-state index >= 15 is 0 Å². The molecule has 3 heterocycles. The predicted molar refractivity (Wildman–Crippen MR) is 127 cm³/mol. The Labute approximate surface area is 187 Å². The molecule has 6 nitrogen and oxygen atoms in total. The molecule has 0 unspecified atom stereocenters. The van der Waals surface area contributed by atoms with E-state index in [1.807, 2.05) is 48.8 Å². The highest BCUT2D eigenvalue weighted by Crippen LogP contribution is 2.23. The number of nitrogens with zero attached hydrogens (tertiary/aromatic N) is 3. The van der Waals surface area contributed by atoms with Crippen molar-refractivity contribution in [1.29, 1.82) is 0 Å². The average molecular weight is 429 g/mol. The number of aromatic nitrogens is 3.